The Labute approximate surface area is 99.4 Å². The van der Waals surface area contributed by atoms with Crippen LogP contribution in [-0.4, -0.2) is 12.5 Å². The summed E-state index contributed by atoms with van der Waals surface area (Å²) in [5.41, 5.74) is 3.53. The molecule has 1 aromatic carbocycles. The van der Waals surface area contributed by atoms with Crippen LogP contribution in [0.15, 0.2) is 18.2 Å². The van der Waals surface area contributed by atoms with Gasteiger partial charge in [-0.3, -0.25) is 0 Å². The summed E-state index contributed by atoms with van der Waals surface area (Å²) in [6.45, 7) is -0.920. The van der Waals surface area contributed by atoms with Gasteiger partial charge in [0.1, 0.15) is 0 Å². The maximum Gasteiger partial charge on any atom is 0.417 e. The van der Waals surface area contributed by atoms with Crippen molar-refractivity contribution >= 4 is 11.6 Å². The van der Waals surface area contributed by atoms with Gasteiger partial charge in [0.15, 0.2) is 0 Å². The lowest BCUT2D eigenvalue weighted by atomic mass is 10.0. The van der Waals surface area contributed by atoms with Gasteiger partial charge in [-0.1, -0.05) is 17.7 Å². The molecule has 0 heterocycles. The van der Waals surface area contributed by atoms with E-state index in [9.17, 15) is 22.0 Å². The summed E-state index contributed by atoms with van der Waals surface area (Å²) in [5, 5.41) is -0.516. The van der Waals surface area contributed by atoms with Crippen molar-refractivity contribution < 1.29 is 22.0 Å². The Bertz CT molecular complexity index is 402. The lowest BCUT2D eigenvalue weighted by Gasteiger charge is -2.15. The molecule has 0 aliphatic heterocycles. The lowest BCUT2D eigenvalue weighted by molar-refractivity contribution is -0.137. The van der Waals surface area contributed by atoms with Gasteiger partial charge in [-0.15, -0.1) is 0 Å². The number of hydrogen-bond acceptors (Lipinski definition) is 1. The SMILES string of the molecule is NCC(F)(F)Cc1ccc(Cl)c(C(F)(F)F)c1. The second-order valence-corrected chi connectivity index (χ2v) is 3.96. The lowest BCUT2D eigenvalue weighted by Crippen LogP contribution is -2.30. The minimum Gasteiger partial charge on any atom is -0.325 e. The fourth-order valence-electron chi connectivity index (χ4n) is 1.27. The van der Waals surface area contributed by atoms with Crippen LogP contribution in [0, 0.1) is 0 Å². The van der Waals surface area contributed by atoms with Crippen LogP contribution in [0.1, 0.15) is 11.1 Å². The number of hydrogen-bond donors (Lipinski definition) is 1. The van der Waals surface area contributed by atoms with Crippen molar-refractivity contribution in [3.8, 4) is 0 Å². The predicted molar refractivity (Wildman–Crippen MR) is 54.2 cm³/mol. The Balaban J connectivity index is 3.06. The summed E-state index contributed by atoms with van der Waals surface area (Å²) < 4.78 is 63.2. The molecule has 0 fully saturated rings. The molecule has 0 atom stereocenters. The summed E-state index contributed by atoms with van der Waals surface area (Å²) in [7, 11) is 0. The topological polar surface area (TPSA) is 26.0 Å². The summed E-state index contributed by atoms with van der Waals surface area (Å²) >= 11 is 5.35. The number of nitrogens with two attached hydrogens (primary N) is 1. The van der Waals surface area contributed by atoms with Gasteiger partial charge in [-0.2, -0.15) is 13.2 Å². The molecular formula is C10H9ClF5N. The van der Waals surface area contributed by atoms with E-state index in [1.54, 1.807) is 0 Å². The summed E-state index contributed by atoms with van der Waals surface area (Å²) in [4.78, 5) is 0. The Morgan fingerprint density at radius 1 is 1.12 bits per heavy atom. The van der Waals surface area contributed by atoms with Crippen LogP contribution < -0.4 is 5.73 Å². The second-order valence-electron chi connectivity index (χ2n) is 3.55. The highest BCUT2D eigenvalue weighted by atomic mass is 35.5. The van der Waals surface area contributed by atoms with E-state index in [1.165, 1.54) is 0 Å². The smallest absolute Gasteiger partial charge is 0.325 e. The van der Waals surface area contributed by atoms with Crippen LogP contribution in [0.3, 0.4) is 0 Å². The number of benzene rings is 1. The van der Waals surface area contributed by atoms with Gasteiger partial charge in [0.05, 0.1) is 17.1 Å². The first-order valence-corrected chi connectivity index (χ1v) is 4.97. The highest BCUT2D eigenvalue weighted by Crippen LogP contribution is 2.35. The predicted octanol–water partition coefficient (Wildman–Crippen LogP) is 3.50. The first-order valence-electron chi connectivity index (χ1n) is 4.59. The van der Waals surface area contributed by atoms with E-state index in [4.69, 9.17) is 17.3 Å². The Morgan fingerprint density at radius 2 is 1.71 bits per heavy atom. The molecule has 0 saturated heterocycles. The minimum absolute atomic E-state index is 0.155. The van der Waals surface area contributed by atoms with Crippen molar-refractivity contribution in [3.05, 3.63) is 34.3 Å². The van der Waals surface area contributed by atoms with Crippen LogP contribution >= 0.6 is 11.6 Å². The van der Waals surface area contributed by atoms with Gasteiger partial charge in [0.2, 0.25) is 0 Å². The average Bonchev–Trinajstić information content (AvgIpc) is 2.19. The summed E-state index contributed by atoms with van der Waals surface area (Å²) in [5.74, 6) is -3.23. The fraction of sp³-hybridized carbons (Fsp3) is 0.400. The zero-order valence-electron chi connectivity index (χ0n) is 8.49. The monoisotopic (exact) mass is 273 g/mol. The molecular weight excluding hydrogens is 265 g/mol. The molecule has 2 N–H and O–H groups in total. The van der Waals surface area contributed by atoms with Gasteiger partial charge in [0, 0.05) is 6.42 Å². The van der Waals surface area contributed by atoms with E-state index in [0.717, 1.165) is 12.1 Å². The first-order chi connectivity index (χ1) is 7.65. The Kier molecular flexibility index (Phi) is 3.99. The van der Waals surface area contributed by atoms with E-state index >= 15 is 0 Å². The van der Waals surface area contributed by atoms with Crippen LogP contribution in [0.5, 0.6) is 0 Å². The van der Waals surface area contributed by atoms with E-state index in [1.807, 2.05) is 0 Å². The third kappa shape index (κ3) is 3.81. The number of halogens is 6. The average molecular weight is 274 g/mol. The molecule has 0 radical (unpaired) electrons. The Morgan fingerprint density at radius 3 is 2.18 bits per heavy atom. The summed E-state index contributed by atoms with van der Waals surface area (Å²) in [6.07, 6.45) is -5.51. The molecule has 17 heavy (non-hydrogen) atoms. The van der Waals surface area contributed by atoms with Gasteiger partial charge in [0.25, 0.3) is 5.92 Å². The molecule has 0 aliphatic carbocycles. The van der Waals surface area contributed by atoms with Crippen molar-refractivity contribution in [2.24, 2.45) is 5.73 Å². The molecule has 1 nitrogen and oxygen atoms in total. The molecule has 0 unspecified atom stereocenters. The number of rotatable bonds is 3. The molecule has 1 aromatic rings. The molecule has 0 aliphatic rings. The molecule has 1 rings (SSSR count). The zero-order valence-corrected chi connectivity index (χ0v) is 9.25. The minimum atomic E-state index is -4.66. The van der Waals surface area contributed by atoms with E-state index in [-0.39, 0.29) is 5.56 Å². The molecule has 0 spiro atoms. The van der Waals surface area contributed by atoms with Gasteiger partial charge in [-0.25, -0.2) is 8.78 Å². The maximum atomic E-state index is 12.9. The number of alkyl halides is 5. The molecule has 0 aromatic heterocycles. The van der Waals surface area contributed by atoms with E-state index < -0.39 is 35.7 Å². The maximum absolute atomic E-state index is 12.9. The third-order valence-electron chi connectivity index (χ3n) is 2.10. The standard InChI is InChI=1S/C10H9ClF5N/c11-8-2-1-6(4-9(12,13)5-17)3-7(8)10(14,15)16/h1-3H,4-5,17H2. The highest BCUT2D eigenvalue weighted by molar-refractivity contribution is 6.31. The van der Waals surface area contributed by atoms with Gasteiger partial charge < -0.3 is 5.73 Å². The van der Waals surface area contributed by atoms with Crippen LogP contribution in [0.25, 0.3) is 0 Å². The van der Waals surface area contributed by atoms with Crippen molar-refractivity contribution in [3.63, 3.8) is 0 Å². The first kappa shape index (κ1) is 14.2. The van der Waals surface area contributed by atoms with Crippen molar-refractivity contribution in [2.75, 3.05) is 6.54 Å². The van der Waals surface area contributed by atoms with Crippen molar-refractivity contribution in [1.82, 2.24) is 0 Å². The fourth-order valence-corrected chi connectivity index (χ4v) is 1.50. The summed E-state index contributed by atoms with van der Waals surface area (Å²) in [6, 6.07) is 2.69. The van der Waals surface area contributed by atoms with E-state index in [0.29, 0.717) is 6.07 Å². The molecule has 0 saturated carbocycles. The van der Waals surface area contributed by atoms with Crippen molar-refractivity contribution in [2.45, 2.75) is 18.5 Å². The van der Waals surface area contributed by atoms with Gasteiger partial charge >= 0.3 is 6.18 Å². The van der Waals surface area contributed by atoms with Gasteiger partial charge in [-0.05, 0) is 17.7 Å². The van der Waals surface area contributed by atoms with E-state index in [2.05, 4.69) is 0 Å². The Hall–Kier alpha value is -0.880. The zero-order chi connectivity index (χ0) is 13.3. The van der Waals surface area contributed by atoms with Crippen LogP contribution in [0.2, 0.25) is 5.02 Å². The normalized spacial score (nSPS) is 12.9. The molecule has 96 valence electrons. The molecule has 0 bridgehead atoms. The highest BCUT2D eigenvalue weighted by Gasteiger charge is 2.34. The molecule has 7 heteroatoms. The third-order valence-corrected chi connectivity index (χ3v) is 2.43. The van der Waals surface area contributed by atoms with Crippen LogP contribution in [0.4, 0.5) is 22.0 Å². The molecule has 0 amide bonds. The van der Waals surface area contributed by atoms with Crippen molar-refractivity contribution in [1.29, 1.82) is 0 Å². The van der Waals surface area contributed by atoms with Crippen LogP contribution in [-0.2, 0) is 12.6 Å². The second kappa shape index (κ2) is 4.78. The largest absolute Gasteiger partial charge is 0.417 e. The quantitative estimate of drug-likeness (QED) is 0.838.